The summed E-state index contributed by atoms with van der Waals surface area (Å²) in [6.45, 7) is 0. The monoisotopic (exact) mass is 226 g/mol. The maximum Gasteiger partial charge on any atom is 0.122 e. The molecule has 0 saturated carbocycles. The molecule has 4 nitrogen and oxygen atoms in total. The van der Waals surface area contributed by atoms with Gasteiger partial charge < -0.3 is 15.9 Å². The second-order valence-corrected chi connectivity index (χ2v) is 3.60. The van der Waals surface area contributed by atoms with Crippen LogP contribution in [0.15, 0.2) is 24.3 Å². The highest BCUT2D eigenvalue weighted by Gasteiger charge is 2.17. The van der Waals surface area contributed by atoms with Crippen molar-refractivity contribution in [2.45, 2.75) is 12.2 Å². The molecular weight excluding hydrogens is 212 g/mol. The summed E-state index contributed by atoms with van der Waals surface area (Å²) in [5.74, 6) is 0.107. The summed E-state index contributed by atoms with van der Waals surface area (Å²) in [6.07, 6.45) is -1.92. The Morgan fingerprint density at radius 3 is 2.67 bits per heavy atom. The van der Waals surface area contributed by atoms with Crippen LogP contribution in [0.3, 0.4) is 0 Å². The van der Waals surface area contributed by atoms with Crippen LogP contribution in [0.25, 0.3) is 0 Å². The van der Waals surface area contributed by atoms with Gasteiger partial charge in [0.15, 0.2) is 0 Å². The van der Waals surface area contributed by atoms with Gasteiger partial charge in [-0.25, -0.2) is 0 Å². The highest BCUT2D eigenvalue weighted by molar-refractivity contribution is 7.80. The van der Waals surface area contributed by atoms with E-state index in [9.17, 15) is 10.2 Å². The maximum absolute atomic E-state index is 9.69. The largest absolute Gasteiger partial charge is 0.389 e. The molecule has 0 spiro atoms. The van der Waals surface area contributed by atoms with Gasteiger partial charge in [0.1, 0.15) is 11.9 Å². The molecule has 1 aromatic carbocycles. The Labute approximate surface area is 93.7 Å². The number of hydrogen-bond acceptors (Lipinski definition) is 4. The number of nitrogens with one attached hydrogen (secondary N) is 1. The summed E-state index contributed by atoms with van der Waals surface area (Å²) in [7, 11) is 0. The van der Waals surface area contributed by atoms with Crippen molar-refractivity contribution in [2.75, 3.05) is 5.75 Å². The fraction of sp³-hybridized carbons (Fsp3) is 0.300. The number of aliphatic hydroxyl groups excluding tert-OH is 2. The number of amidine groups is 1. The van der Waals surface area contributed by atoms with Crippen LogP contribution in [-0.4, -0.2) is 27.9 Å². The van der Waals surface area contributed by atoms with Crippen molar-refractivity contribution in [1.29, 1.82) is 5.41 Å². The molecule has 0 amide bonds. The lowest BCUT2D eigenvalue weighted by Gasteiger charge is -2.16. The number of nitrogen functional groups attached to an aromatic ring is 1. The number of rotatable bonds is 4. The van der Waals surface area contributed by atoms with Gasteiger partial charge in [-0.05, 0) is 11.6 Å². The van der Waals surface area contributed by atoms with Crippen molar-refractivity contribution >= 4 is 18.5 Å². The van der Waals surface area contributed by atoms with E-state index in [1.165, 1.54) is 0 Å². The van der Waals surface area contributed by atoms with E-state index < -0.39 is 12.2 Å². The summed E-state index contributed by atoms with van der Waals surface area (Å²) in [4.78, 5) is 0. The highest BCUT2D eigenvalue weighted by atomic mass is 32.1. The molecule has 0 aliphatic heterocycles. The number of nitrogens with two attached hydrogens (primary N) is 1. The Morgan fingerprint density at radius 1 is 1.47 bits per heavy atom. The molecule has 0 fully saturated rings. The van der Waals surface area contributed by atoms with E-state index in [-0.39, 0.29) is 11.6 Å². The highest BCUT2D eigenvalue weighted by Crippen LogP contribution is 2.18. The van der Waals surface area contributed by atoms with E-state index in [4.69, 9.17) is 11.1 Å². The summed E-state index contributed by atoms with van der Waals surface area (Å²) in [5.41, 5.74) is 6.37. The van der Waals surface area contributed by atoms with Gasteiger partial charge in [-0.15, -0.1) is 0 Å². The van der Waals surface area contributed by atoms with Crippen LogP contribution in [0.2, 0.25) is 0 Å². The van der Waals surface area contributed by atoms with Gasteiger partial charge in [-0.3, -0.25) is 5.41 Å². The van der Waals surface area contributed by atoms with Crippen LogP contribution in [-0.2, 0) is 0 Å². The minimum absolute atomic E-state index is 0.0654. The molecular formula is C10H14N2O2S. The Hall–Kier alpha value is -1.04. The first kappa shape index (κ1) is 12.0. The van der Waals surface area contributed by atoms with E-state index in [0.29, 0.717) is 11.1 Å². The summed E-state index contributed by atoms with van der Waals surface area (Å²) in [5, 5.41) is 26.3. The van der Waals surface area contributed by atoms with E-state index in [2.05, 4.69) is 12.6 Å². The van der Waals surface area contributed by atoms with E-state index in [1.54, 1.807) is 24.3 Å². The summed E-state index contributed by atoms with van der Waals surface area (Å²) >= 11 is 3.89. The van der Waals surface area contributed by atoms with Gasteiger partial charge in [-0.2, -0.15) is 12.6 Å². The van der Waals surface area contributed by atoms with E-state index in [0.717, 1.165) is 0 Å². The van der Waals surface area contributed by atoms with Crippen molar-refractivity contribution in [3.63, 3.8) is 0 Å². The maximum atomic E-state index is 9.69. The molecule has 0 aromatic heterocycles. The average molecular weight is 226 g/mol. The third-order valence-electron chi connectivity index (χ3n) is 2.09. The fourth-order valence-electron chi connectivity index (χ4n) is 1.21. The summed E-state index contributed by atoms with van der Waals surface area (Å²) in [6, 6.07) is 6.61. The molecule has 1 aromatic rings. The van der Waals surface area contributed by atoms with Crippen LogP contribution in [0.5, 0.6) is 0 Å². The van der Waals surface area contributed by atoms with Crippen LogP contribution in [0.1, 0.15) is 17.2 Å². The van der Waals surface area contributed by atoms with Crippen LogP contribution < -0.4 is 5.73 Å². The van der Waals surface area contributed by atoms with Crippen LogP contribution in [0.4, 0.5) is 0 Å². The van der Waals surface area contributed by atoms with Crippen molar-refractivity contribution < 1.29 is 10.2 Å². The first-order chi connectivity index (χ1) is 7.06. The predicted molar refractivity (Wildman–Crippen MR) is 62.3 cm³/mol. The molecule has 0 radical (unpaired) electrons. The first-order valence-electron chi connectivity index (χ1n) is 4.47. The lowest BCUT2D eigenvalue weighted by atomic mass is 10.0. The molecule has 82 valence electrons. The molecule has 5 N–H and O–H groups in total. The topological polar surface area (TPSA) is 90.3 Å². The zero-order chi connectivity index (χ0) is 11.4. The quantitative estimate of drug-likeness (QED) is 0.290. The standard InChI is InChI=1S/C10H14N2O2S/c11-10(12)7-3-1-2-6(4-7)9(14)8(13)5-15/h1-4,8-9,13-15H,5H2,(H3,11,12). The normalized spacial score (nSPS) is 14.6. The smallest absolute Gasteiger partial charge is 0.122 e. The van der Waals surface area contributed by atoms with Crippen LogP contribution >= 0.6 is 12.6 Å². The van der Waals surface area contributed by atoms with Gasteiger partial charge in [-0.1, -0.05) is 18.2 Å². The number of benzene rings is 1. The molecule has 5 heteroatoms. The van der Waals surface area contributed by atoms with Gasteiger partial charge in [0.2, 0.25) is 0 Å². The molecule has 0 heterocycles. The zero-order valence-corrected chi connectivity index (χ0v) is 8.98. The number of aliphatic hydroxyl groups is 2. The molecule has 2 atom stereocenters. The second-order valence-electron chi connectivity index (χ2n) is 3.23. The molecule has 1 rings (SSSR count). The summed E-state index contributed by atoms with van der Waals surface area (Å²) < 4.78 is 0. The Balaban J connectivity index is 2.94. The van der Waals surface area contributed by atoms with E-state index >= 15 is 0 Å². The minimum Gasteiger partial charge on any atom is -0.389 e. The minimum atomic E-state index is -0.998. The zero-order valence-electron chi connectivity index (χ0n) is 8.09. The fourth-order valence-corrected chi connectivity index (χ4v) is 1.41. The number of thiol groups is 1. The van der Waals surface area contributed by atoms with Gasteiger partial charge in [0.05, 0.1) is 6.10 Å². The van der Waals surface area contributed by atoms with Gasteiger partial charge in [0, 0.05) is 11.3 Å². The lowest BCUT2D eigenvalue weighted by molar-refractivity contribution is 0.0337. The third-order valence-corrected chi connectivity index (χ3v) is 2.46. The molecule has 0 aliphatic carbocycles. The first-order valence-corrected chi connectivity index (χ1v) is 5.11. The molecule has 0 saturated heterocycles. The van der Waals surface area contributed by atoms with Crippen molar-refractivity contribution in [3.05, 3.63) is 35.4 Å². The molecule has 2 unspecified atom stereocenters. The van der Waals surface area contributed by atoms with E-state index in [1.807, 2.05) is 0 Å². The van der Waals surface area contributed by atoms with Crippen molar-refractivity contribution in [2.24, 2.45) is 5.73 Å². The Kier molecular flexibility index (Phi) is 4.14. The van der Waals surface area contributed by atoms with Crippen molar-refractivity contribution in [3.8, 4) is 0 Å². The average Bonchev–Trinajstić information content (AvgIpc) is 2.27. The van der Waals surface area contributed by atoms with Crippen molar-refractivity contribution in [1.82, 2.24) is 0 Å². The second kappa shape index (κ2) is 5.16. The number of hydrogen-bond donors (Lipinski definition) is 5. The van der Waals surface area contributed by atoms with Crippen LogP contribution in [0, 0.1) is 5.41 Å². The molecule has 0 aliphatic rings. The SMILES string of the molecule is N=C(N)c1cccc(C(O)C(O)CS)c1. The van der Waals surface area contributed by atoms with Gasteiger partial charge >= 0.3 is 0 Å². The lowest BCUT2D eigenvalue weighted by Crippen LogP contribution is -2.20. The predicted octanol–water partition coefficient (Wildman–Crippen LogP) is 0.295. The molecule has 15 heavy (non-hydrogen) atoms. The third kappa shape index (κ3) is 2.95. The Bertz CT molecular complexity index is 357. The molecule has 0 bridgehead atoms. The van der Waals surface area contributed by atoms with Gasteiger partial charge in [0.25, 0.3) is 0 Å². The Morgan fingerprint density at radius 2 is 2.13 bits per heavy atom.